The molecule has 8 heteroatoms. The number of carbonyl (C=O) groups excluding carboxylic acids is 2. The number of nitro groups is 1. The zero-order valence-electron chi connectivity index (χ0n) is 11.2. The number of hydrogen-bond donors (Lipinski definition) is 0. The maximum Gasteiger partial charge on any atom is 0.324 e. The maximum absolute atomic E-state index is 12.4. The first-order chi connectivity index (χ1) is 9.41. The Labute approximate surface area is 119 Å². The Bertz CT molecular complexity index is 555. The lowest BCUT2D eigenvalue weighted by Crippen LogP contribution is -2.45. The highest BCUT2D eigenvalue weighted by atomic mass is 32.1. The van der Waals surface area contributed by atoms with Crippen LogP contribution in [0.3, 0.4) is 0 Å². The zero-order valence-corrected chi connectivity index (χ0v) is 12.1. The van der Waals surface area contributed by atoms with Gasteiger partial charge < -0.3 is 9.80 Å². The molecule has 1 unspecified atom stereocenters. The number of nitrogens with zero attached hydrogens (tertiary/aromatic N) is 3. The summed E-state index contributed by atoms with van der Waals surface area (Å²) in [6.07, 6.45) is 1.40. The molecule has 1 aliphatic heterocycles. The van der Waals surface area contributed by atoms with Crippen LogP contribution < -0.4 is 0 Å². The van der Waals surface area contributed by atoms with Crippen LogP contribution in [0.4, 0.5) is 5.00 Å². The van der Waals surface area contributed by atoms with Gasteiger partial charge in [0.25, 0.3) is 5.91 Å². The monoisotopic (exact) mass is 297 g/mol. The number of hydrogen-bond acceptors (Lipinski definition) is 5. The van der Waals surface area contributed by atoms with Gasteiger partial charge in [0.1, 0.15) is 6.04 Å². The van der Waals surface area contributed by atoms with Crippen LogP contribution in [0.15, 0.2) is 12.1 Å². The second kappa shape index (κ2) is 5.58. The van der Waals surface area contributed by atoms with Crippen molar-refractivity contribution in [2.75, 3.05) is 20.6 Å². The minimum absolute atomic E-state index is 0.0666. The van der Waals surface area contributed by atoms with E-state index in [4.69, 9.17) is 0 Å². The molecule has 1 atom stereocenters. The van der Waals surface area contributed by atoms with E-state index in [-0.39, 0.29) is 16.8 Å². The van der Waals surface area contributed by atoms with Gasteiger partial charge in [-0.1, -0.05) is 11.3 Å². The van der Waals surface area contributed by atoms with Gasteiger partial charge in [-0.25, -0.2) is 0 Å². The summed E-state index contributed by atoms with van der Waals surface area (Å²) in [4.78, 5) is 37.8. The standard InChI is InChI=1S/C12H15N3O4S/c1-13(2)11(16)8-4-3-7-14(8)12(17)9-5-6-10(20-9)15(18)19/h5-6,8H,3-4,7H2,1-2H3. The van der Waals surface area contributed by atoms with Crippen molar-refractivity contribution < 1.29 is 14.5 Å². The first-order valence-electron chi connectivity index (χ1n) is 6.18. The first kappa shape index (κ1) is 14.4. The lowest BCUT2D eigenvalue weighted by atomic mass is 10.2. The van der Waals surface area contributed by atoms with Gasteiger partial charge in [-0.15, -0.1) is 0 Å². The van der Waals surface area contributed by atoms with Crippen LogP contribution in [0.1, 0.15) is 22.5 Å². The van der Waals surface area contributed by atoms with Gasteiger partial charge in [0.05, 0.1) is 9.80 Å². The van der Waals surface area contributed by atoms with Crippen LogP contribution in [-0.4, -0.2) is 53.2 Å². The Morgan fingerprint density at radius 1 is 1.45 bits per heavy atom. The summed E-state index contributed by atoms with van der Waals surface area (Å²) in [7, 11) is 3.30. The molecule has 2 rings (SSSR count). The predicted octanol–water partition coefficient (Wildman–Crippen LogP) is 1.35. The Balaban J connectivity index is 2.18. The summed E-state index contributed by atoms with van der Waals surface area (Å²) in [5, 5.41) is 10.6. The van der Waals surface area contributed by atoms with Crippen molar-refractivity contribution >= 4 is 28.2 Å². The average Bonchev–Trinajstić information content (AvgIpc) is 3.05. The summed E-state index contributed by atoms with van der Waals surface area (Å²) in [6.45, 7) is 0.509. The van der Waals surface area contributed by atoms with Crippen LogP contribution in [0, 0.1) is 10.1 Å². The third-order valence-electron chi connectivity index (χ3n) is 3.22. The number of rotatable bonds is 3. The molecule has 20 heavy (non-hydrogen) atoms. The summed E-state index contributed by atoms with van der Waals surface area (Å²) in [5.41, 5.74) is 0. The largest absolute Gasteiger partial charge is 0.347 e. The third kappa shape index (κ3) is 2.64. The topological polar surface area (TPSA) is 83.8 Å². The number of likely N-dealkylation sites (N-methyl/N-ethyl adjacent to an activating group) is 1. The van der Waals surface area contributed by atoms with E-state index in [1.807, 2.05) is 0 Å². The summed E-state index contributed by atoms with van der Waals surface area (Å²) >= 11 is 0.843. The molecule has 2 heterocycles. The van der Waals surface area contributed by atoms with Gasteiger partial charge in [0, 0.05) is 26.7 Å². The van der Waals surface area contributed by atoms with E-state index in [1.165, 1.54) is 21.9 Å². The van der Waals surface area contributed by atoms with Crippen LogP contribution in [-0.2, 0) is 4.79 Å². The van der Waals surface area contributed by atoms with E-state index in [1.54, 1.807) is 14.1 Å². The van der Waals surface area contributed by atoms with E-state index in [0.717, 1.165) is 17.8 Å². The molecule has 108 valence electrons. The van der Waals surface area contributed by atoms with E-state index in [2.05, 4.69) is 0 Å². The number of carbonyl (C=O) groups is 2. The molecular formula is C12H15N3O4S. The average molecular weight is 297 g/mol. The summed E-state index contributed by atoms with van der Waals surface area (Å²) < 4.78 is 0. The van der Waals surface area contributed by atoms with Crippen molar-refractivity contribution in [2.45, 2.75) is 18.9 Å². The molecule has 0 saturated carbocycles. The highest BCUT2D eigenvalue weighted by Gasteiger charge is 2.36. The molecule has 1 saturated heterocycles. The molecule has 0 radical (unpaired) electrons. The molecule has 0 bridgehead atoms. The van der Waals surface area contributed by atoms with Crippen LogP contribution in [0.5, 0.6) is 0 Å². The Morgan fingerprint density at radius 3 is 2.70 bits per heavy atom. The first-order valence-corrected chi connectivity index (χ1v) is 7.00. The zero-order chi connectivity index (χ0) is 14.9. The van der Waals surface area contributed by atoms with Gasteiger partial charge in [-0.05, 0) is 18.9 Å². The fourth-order valence-electron chi connectivity index (χ4n) is 2.25. The van der Waals surface area contributed by atoms with Crippen molar-refractivity contribution in [1.82, 2.24) is 9.80 Å². The van der Waals surface area contributed by atoms with Crippen molar-refractivity contribution in [3.63, 3.8) is 0 Å². The molecule has 0 N–H and O–H groups in total. The van der Waals surface area contributed by atoms with E-state index >= 15 is 0 Å². The molecule has 0 aromatic carbocycles. The van der Waals surface area contributed by atoms with Crippen molar-refractivity contribution in [3.05, 3.63) is 27.1 Å². The van der Waals surface area contributed by atoms with Gasteiger partial charge in [-0.3, -0.25) is 19.7 Å². The Hall–Kier alpha value is -1.96. The third-order valence-corrected chi connectivity index (χ3v) is 4.25. The quantitative estimate of drug-likeness (QED) is 0.622. The molecule has 1 aromatic rings. The second-order valence-corrected chi connectivity index (χ2v) is 5.85. The SMILES string of the molecule is CN(C)C(=O)C1CCCN1C(=O)c1ccc([N+](=O)[O-])s1. The molecule has 0 spiro atoms. The fourth-order valence-corrected chi connectivity index (χ4v) is 3.02. The molecule has 1 aromatic heterocycles. The van der Waals surface area contributed by atoms with Crippen molar-refractivity contribution in [2.24, 2.45) is 0 Å². The molecule has 0 aliphatic carbocycles. The Morgan fingerprint density at radius 2 is 2.15 bits per heavy atom. The van der Waals surface area contributed by atoms with Crippen LogP contribution in [0.2, 0.25) is 0 Å². The smallest absolute Gasteiger partial charge is 0.324 e. The Kier molecular flexibility index (Phi) is 4.03. The summed E-state index contributed by atoms with van der Waals surface area (Å²) in [6, 6.07) is 2.30. The van der Waals surface area contributed by atoms with Crippen LogP contribution in [0.25, 0.3) is 0 Å². The van der Waals surface area contributed by atoms with Gasteiger partial charge in [0.15, 0.2) is 0 Å². The summed E-state index contributed by atoms with van der Waals surface area (Å²) in [5.74, 6) is -0.414. The van der Waals surface area contributed by atoms with Crippen LogP contribution >= 0.6 is 11.3 Å². The highest BCUT2D eigenvalue weighted by Crippen LogP contribution is 2.28. The van der Waals surface area contributed by atoms with Gasteiger partial charge in [0.2, 0.25) is 5.91 Å². The number of thiophene rings is 1. The molecule has 7 nitrogen and oxygen atoms in total. The molecule has 2 amide bonds. The maximum atomic E-state index is 12.4. The predicted molar refractivity (Wildman–Crippen MR) is 73.7 cm³/mol. The minimum Gasteiger partial charge on any atom is -0.347 e. The molecular weight excluding hydrogens is 282 g/mol. The lowest BCUT2D eigenvalue weighted by Gasteiger charge is -2.25. The second-order valence-electron chi connectivity index (χ2n) is 4.78. The highest BCUT2D eigenvalue weighted by molar-refractivity contribution is 7.17. The van der Waals surface area contributed by atoms with Crippen molar-refractivity contribution in [1.29, 1.82) is 0 Å². The number of likely N-dealkylation sites (tertiary alicyclic amines) is 1. The normalized spacial score (nSPS) is 18.1. The van der Waals surface area contributed by atoms with E-state index in [0.29, 0.717) is 17.8 Å². The van der Waals surface area contributed by atoms with E-state index < -0.39 is 11.0 Å². The lowest BCUT2D eigenvalue weighted by molar-refractivity contribution is -0.380. The fraction of sp³-hybridized carbons (Fsp3) is 0.500. The minimum atomic E-state index is -0.520. The van der Waals surface area contributed by atoms with Gasteiger partial charge >= 0.3 is 5.00 Å². The molecule has 1 fully saturated rings. The van der Waals surface area contributed by atoms with E-state index in [9.17, 15) is 19.7 Å². The van der Waals surface area contributed by atoms with Gasteiger partial charge in [-0.2, -0.15) is 0 Å². The molecule has 1 aliphatic rings. The van der Waals surface area contributed by atoms with Crippen molar-refractivity contribution in [3.8, 4) is 0 Å². The number of amides is 2.